The standard InChI is InChI=1S/C20H22N2O2/c1-13(20(23)21-14-6-2-3-7-14)24-15-10-11-17-16-8-4-5-9-18(16)22-19(17)12-15/h4-5,8-14,22H,2-3,6-7H2,1H3,(H,21,23)/t13-/m0/s1. The highest BCUT2D eigenvalue weighted by atomic mass is 16.5. The molecule has 1 fully saturated rings. The van der Waals surface area contributed by atoms with Crippen LogP contribution in [0, 0.1) is 0 Å². The summed E-state index contributed by atoms with van der Waals surface area (Å²) < 4.78 is 5.86. The third-order valence-electron chi connectivity index (χ3n) is 4.86. The van der Waals surface area contributed by atoms with Crippen LogP contribution >= 0.6 is 0 Å². The Hall–Kier alpha value is -2.49. The van der Waals surface area contributed by atoms with Crippen LogP contribution in [-0.2, 0) is 4.79 Å². The van der Waals surface area contributed by atoms with Crippen LogP contribution in [0.2, 0.25) is 0 Å². The van der Waals surface area contributed by atoms with Crippen LogP contribution in [0.4, 0.5) is 0 Å². The van der Waals surface area contributed by atoms with Crippen molar-refractivity contribution in [2.24, 2.45) is 0 Å². The number of rotatable bonds is 4. The molecule has 0 saturated heterocycles. The van der Waals surface area contributed by atoms with Gasteiger partial charge in [-0.1, -0.05) is 31.0 Å². The molecule has 3 aromatic rings. The van der Waals surface area contributed by atoms with Crippen molar-refractivity contribution in [3.63, 3.8) is 0 Å². The minimum Gasteiger partial charge on any atom is -0.481 e. The molecule has 0 spiro atoms. The molecular formula is C20H22N2O2. The van der Waals surface area contributed by atoms with E-state index in [-0.39, 0.29) is 5.91 Å². The summed E-state index contributed by atoms with van der Waals surface area (Å²) >= 11 is 0. The molecule has 4 heteroatoms. The number of para-hydroxylation sites is 1. The summed E-state index contributed by atoms with van der Waals surface area (Å²) in [6, 6.07) is 14.5. The Bertz CT molecular complexity index is 878. The highest BCUT2D eigenvalue weighted by Crippen LogP contribution is 2.28. The average molecular weight is 322 g/mol. The number of hydrogen-bond acceptors (Lipinski definition) is 2. The maximum atomic E-state index is 12.3. The lowest BCUT2D eigenvalue weighted by Crippen LogP contribution is -2.41. The normalized spacial score (nSPS) is 16.5. The molecule has 1 heterocycles. The van der Waals surface area contributed by atoms with Crippen molar-refractivity contribution in [2.45, 2.75) is 44.8 Å². The molecular weight excluding hydrogens is 300 g/mol. The summed E-state index contributed by atoms with van der Waals surface area (Å²) in [6.07, 6.45) is 4.08. The largest absolute Gasteiger partial charge is 0.481 e. The fraction of sp³-hybridized carbons (Fsp3) is 0.350. The molecule has 4 nitrogen and oxygen atoms in total. The van der Waals surface area contributed by atoms with Crippen molar-refractivity contribution in [2.75, 3.05) is 0 Å². The second-order valence-corrected chi connectivity index (χ2v) is 6.63. The van der Waals surface area contributed by atoms with Gasteiger partial charge in [0.05, 0.1) is 5.52 Å². The van der Waals surface area contributed by atoms with Gasteiger partial charge in [-0.05, 0) is 38.0 Å². The second-order valence-electron chi connectivity index (χ2n) is 6.63. The van der Waals surface area contributed by atoms with E-state index in [9.17, 15) is 4.79 Å². The maximum absolute atomic E-state index is 12.3. The van der Waals surface area contributed by atoms with E-state index in [1.807, 2.05) is 30.3 Å². The fourth-order valence-corrected chi connectivity index (χ4v) is 3.55. The average Bonchev–Trinajstić information content (AvgIpc) is 3.21. The highest BCUT2D eigenvalue weighted by molar-refractivity contribution is 6.07. The molecule has 2 N–H and O–H groups in total. The molecule has 0 unspecified atom stereocenters. The minimum absolute atomic E-state index is 0.0290. The number of carbonyl (C=O) groups excluding carboxylic acids is 1. The van der Waals surface area contributed by atoms with Gasteiger partial charge in [0.25, 0.3) is 5.91 Å². The van der Waals surface area contributed by atoms with E-state index in [1.54, 1.807) is 6.92 Å². The molecule has 1 aliphatic rings. The number of H-pyrrole nitrogens is 1. The number of fused-ring (bicyclic) bond motifs is 3. The molecule has 24 heavy (non-hydrogen) atoms. The van der Waals surface area contributed by atoms with Crippen LogP contribution in [-0.4, -0.2) is 23.0 Å². The van der Waals surface area contributed by atoms with Gasteiger partial charge in [0.2, 0.25) is 0 Å². The molecule has 1 amide bonds. The zero-order chi connectivity index (χ0) is 16.5. The van der Waals surface area contributed by atoms with Gasteiger partial charge in [-0.2, -0.15) is 0 Å². The monoisotopic (exact) mass is 322 g/mol. The lowest BCUT2D eigenvalue weighted by atomic mass is 10.1. The lowest BCUT2D eigenvalue weighted by Gasteiger charge is -2.18. The first-order valence-corrected chi connectivity index (χ1v) is 8.68. The predicted molar refractivity (Wildman–Crippen MR) is 96.3 cm³/mol. The van der Waals surface area contributed by atoms with E-state index in [0.717, 1.165) is 23.9 Å². The van der Waals surface area contributed by atoms with E-state index < -0.39 is 6.10 Å². The molecule has 0 aliphatic heterocycles. The Balaban J connectivity index is 1.51. The predicted octanol–water partition coefficient (Wildman–Crippen LogP) is 4.15. The van der Waals surface area contributed by atoms with Gasteiger partial charge in [-0.3, -0.25) is 4.79 Å². The van der Waals surface area contributed by atoms with Crippen molar-refractivity contribution in [1.82, 2.24) is 10.3 Å². The number of nitrogens with one attached hydrogen (secondary N) is 2. The molecule has 0 bridgehead atoms. The van der Waals surface area contributed by atoms with Gasteiger partial charge in [0, 0.05) is 28.4 Å². The lowest BCUT2D eigenvalue weighted by molar-refractivity contribution is -0.127. The van der Waals surface area contributed by atoms with Crippen molar-refractivity contribution < 1.29 is 9.53 Å². The number of aromatic nitrogens is 1. The molecule has 2 aromatic carbocycles. The van der Waals surface area contributed by atoms with Crippen LogP contribution in [0.25, 0.3) is 21.8 Å². The van der Waals surface area contributed by atoms with Gasteiger partial charge < -0.3 is 15.0 Å². The van der Waals surface area contributed by atoms with Crippen molar-refractivity contribution >= 4 is 27.7 Å². The molecule has 1 aromatic heterocycles. The molecule has 1 aliphatic carbocycles. The van der Waals surface area contributed by atoms with Crippen LogP contribution < -0.4 is 10.1 Å². The second kappa shape index (κ2) is 6.19. The Kier molecular flexibility index (Phi) is 3.89. The van der Waals surface area contributed by atoms with Crippen LogP contribution in [0.15, 0.2) is 42.5 Å². The molecule has 4 rings (SSSR count). The van der Waals surface area contributed by atoms with E-state index >= 15 is 0 Å². The summed E-state index contributed by atoms with van der Waals surface area (Å²) in [5.74, 6) is 0.682. The van der Waals surface area contributed by atoms with Crippen LogP contribution in [0.5, 0.6) is 5.75 Å². The van der Waals surface area contributed by atoms with Gasteiger partial charge >= 0.3 is 0 Å². The molecule has 124 valence electrons. The number of carbonyl (C=O) groups is 1. The van der Waals surface area contributed by atoms with Crippen molar-refractivity contribution in [1.29, 1.82) is 0 Å². The Morgan fingerprint density at radius 2 is 1.88 bits per heavy atom. The SMILES string of the molecule is C[C@H](Oc1ccc2c(c1)[nH]c1ccccc12)C(=O)NC1CCCC1. The van der Waals surface area contributed by atoms with E-state index in [2.05, 4.69) is 22.4 Å². The quantitative estimate of drug-likeness (QED) is 0.758. The van der Waals surface area contributed by atoms with Gasteiger partial charge in [0.15, 0.2) is 6.10 Å². The number of ether oxygens (including phenoxy) is 1. The van der Waals surface area contributed by atoms with Crippen molar-refractivity contribution in [3.8, 4) is 5.75 Å². The molecule has 1 saturated carbocycles. The van der Waals surface area contributed by atoms with Gasteiger partial charge in [-0.15, -0.1) is 0 Å². The third kappa shape index (κ3) is 2.84. The third-order valence-corrected chi connectivity index (χ3v) is 4.86. The number of amides is 1. The Morgan fingerprint density at radius 1 is 1.12 bits per heavy atom. The topological polar surface area (TPSA) is 54.1 Å². The first kappa shape index (κ1) is 15.1. The van der Waals surface area contributed by atoms with E-state index in [4.69, 9.17) is 4.74 Å². The zero-order valence-corrected chi connectivity index (χ0v) is 13.8. The van der Waals surface area contributed by atoms with Crippen molar-refractivity contribution in [3.05, 3.63) is 42.5 Å². The van der Waals surface area contributed by atoms with E-state index in [0.29, 0.717) is 11.8 Å². The summed E-state index contributed by atoms with van der Waals surface area (Å²) in [6.45, 7) is 1.81. The summed E-state index contributed by atoms with van der Waals surface area (Å²) in [4.78, 5) is 15.7. The van der Waals surface area contributed by atoms with E-state index in [1.165, 1.54) is 23.6 Å². The number of benzene rings is 2. The maximum Gasteiger partial charge on any atom is 0.260 e. The fourth-order valence-electron chi connectivity index (χ4n) is 3.55. The first-order chi connectivity index (χ1) is 11.7. The number of hydrogen-bond donors (Lipinski definition) is 2. The van der Waals surface area contributed by atoms with Gasteiger partial charge in [0.1, 0.15) is 5.75 Å². The molecule has 0 radical (unpaired) electrons. The summed E-state index contributed by atoms with van der Waals surface area (Å²) in [5, 5.41) is 5.45. The highest BCUT2D eigenvalue weighted by Gasteiger charge is 2.21. The van der Waals surface area contributed by atoms with Gasteiger partial charge in [-0.25, -0.2) is 0 Å². The summed E-state index contributed by atoms with van der Waals surface area (Å²) in [5.41, 5.74) is 2.13. The number of aromatic amines is 1. The smallest absolute Gasteiger partial charge is 0.260 e. The van der Waals surface area contributed by atoms with Crippen LogP contribution in [0.1, 0.15) is 32.6 Å². The zero-order valence-electron chi connectivity index (χ0n) is 13.8. The Labute approximate surface area is 141 Å². The van der Waals surface area contributed by atoms with Crippen LogP contribution in [0.3, 0.4) is 0 Å². The summed E-state index contributed by atoms with van der Waals surface area (Å²) in [7, 11) is 0. The first-order valence-electron chi connectivity index (χ1n) is 8.68. The minimum atomic E-state index is -0.493. The molecule has 1 atom stereocenters. The Morgan fingerprint density at radius 3 is 2.71 bits per heavy atom.